The summed E-state index contributed by atoms with van der Waals surface area (Å²) in [7, 11) is 0. The highest BCUT2D eigenvalue weighted by Gasteiger charge is 2.02. The van der Waals surface area contributed by atoms with Crippen molar-refractivity contribution in [3.05, 3.63) is 12.2 Å². The Kier molecular flexibility index (Phi) is 4.91. The van der Waals surface area contributed by atoms with Gasteiger partial charge in [0.2, 0.25) is 0 Å². The first-order chi connectivity index (χ1) is 4.74. The molecule has 0 aromatic rings. The number of nitrogens with one attached hydrogen (secondary N) is 1. The second-order valence-corrected chi connectivity index (χ2v) is 2.64. The van der Waals surface area contributed by atoms with E-state index in [1.54, 1.807) is 0 Å². The van der Waals surface area contributed by atoms with E-state index in [0.29, 0.717) is 5.92 Å². The maximum Gasteiger partial charge on any atom is -0.00136 e. The SMILES string of the molecule is C=C(CC)CC(C=N)CC. The van der Waals surface area contributed by atoms with Crippen molar-refractivity contribution in [2.24, 2.45) is 5.92 Å². The molecule has 0 heterocycles. The van der Waals surface area contributed by atoms with Gasteiger partial charge in [-0.1, -0.05) is 26.0 Å². The summed E-state index contributed by atoms with van der Waals surface area (Å²) in [6, 6.07) is 0. The van der Waals surface area contributed by atoms with Crippen LogP contribution in [0.4, 0.5) is 0 Å². The maximum atomic E-state index is 7.06. The van der Waals surface area contributed by atoms with E-state index in [0.717, 1.165) is 19.3 Å². The normalized spacial score (nSPS) is 12.6. The van der Waals surface area contributed by atoms with E-state index >= 15 is 0 Å². The molecule has 58 valence electrons. The molecule has 10 heavy (non-hydrogen) atoms. The summed E-state index contributed by atoms with van der Waals surface area (Å²) >= 11 is 0. The lowest BCUT2D eigenvalue weighted by Crippen LogP contribution is -2.00. The monoisotopic (exact) mass is 139 g/mol. The van der Waals surface area contributed by atoms with Gasteiger partial charge >= 0.3 is 0 Å². The van der Waals surface area contributed by atoms with Crippen molar-refractivity contribution in [2.45, 2.75) is 33.1 Å². The predicted molar refractivity (Wildman–Crippen MR) is 46.6 cm³/mol. The molecule has 0 fully saturated rings. The summed E-state index contributed by atoms with van der Waals surface area (Å²) < 4.78 is 0. The van der Waals surface area contributed by atoms with Crippen molar-refractivity contribution in [3.8, 4) is 0 Å². The number of allylic oxidation sites excluding steroid dienone is 1. The lowest BCUT2D eigenvalue weighted by molar-refractivity contribution is 0.657. The highest BCUT2D eigenvalue weighted by molar-refractivity contribution is 5.57. The van der Waals surface area contributed by atoms with E-state index in [2.05, 4.69) is 20.4 Å². The van der Waals surface area contributed by atoms with Crippen LogP contribution in [0.5, 0.6) is 0 Å². The van der Waals surface area contributed by atoms with Gasteiger partial charge in [0.05, 0.1) is 0 Å². The maximum absolute atomic E-state index is 7.06. The second kappa shape index (κ2) is 5.21. The fourth-order valence-corrected chi connectivity index (χ4v) is 0.836. The molecule has 0 bridgehead atoms. The Balaban J connectivity index is 3.62. The Morgan fingerprint density at radius 2 is 2.20 bits per heavy atom. The first-order valence-corrected chi connectivity index (χ1v) is 3.91. The van der Waals surface area contributed by atoms with Gasteiger partial charge < -0.3 is 5.41 Å². The lowest BCUT2D eigenvalue weighted by atomic mass is 9.98. The smallest absolute Gasteiger partial charge is 0.00136 e. The summed E-state index contributed by atoms with van der Waals surface area (Å²) in [6.07, 6.45) is 4.63. The molecule has 1 atom stereocenters. The van der Waals surface area contributed by atoms with E-state index in [1.165, 1.54) is 11.8 Å². The minimum absolute atomic E-state index is 0.424. The van der Waals surface area contributed by atoms with Crippen LogP contribution in [0.2, 0.25) is 0 Å². The van der Waals surface area contributed by atoms with Crippen molar-refractivity contribution in [3.63, 3.8) is 0 Å². The van der Waals surface area contributed by atoms with Crippen LogP contribution < -0.4 is 0 Å². The van der Waals surface area contributed by atoms with Crippen LogP contribution in [-0.2, 0) is 0 Å². The third-order valence-electron chi connectivity index (χ3n) is 1.81. The number of rotatable bonds is 5. The minimum Gasteiger partial charge on any atom is -0.313 e. The molecule has 0 aliphatic rings. The molecule has 1 unspecified atom stereocenters. The second-order valence-electron chi connectivity index (χ2n) is 2.64. The van der Waals surface area contributed by atoms with Crippen LogP contribution in [0.1, 0.15) is 33.1 Å². The number of hydrogen-bond donors (Lipinski definition) is 1. The summed E-state index contributed by atoms with van der Waals surface area (Å²) in [4.78, 5) is 0. The van der Waals surface area contributed by atoms with Crippen LogP contribution in [0.25, 0.3) is 0 Å². The quantitative estimate of drug-likeness (QED) is 0.447. The Morgan fingerprint density at radius 3 is 2.50 bits per heavy atom. The molecular weight excluding hydrogens is 122 g/mol. The summed E-state index contributed by atoms with van der Waals surface area (Å²) in [5, 5.41) is 7.06. The average Bonchev–Trinajstić information content (AvgIpc) is 1.99. The van der Waals surface area contributed by atoms with Crippen molar-refractivity contribution in [1.29, 1.82) is 5.41 Å². The van der Waals surface area contributed by atoms with Crippen LogP contribution in [0.15, 0.2) is 12.2 Å². The molecule has 0 aliphatic heterocycles. The van der Waals surface area contributed by atoms with Gasteiger partial charge in [-0.15, -0.1) is 0 Å². The fourth-order valence-electron chi connectivity index (χ4n) is 0.836. The lowest BCUT2D eigenvalue weighted by Gasteiger charge is -2.08. The van der Waals surface area contributed by atoms with Gasteiger partial charge in [-0.3, -0.25) is 0 Å². The third kappa shape index (κ3) is 3.44. The van der Waals surface area contributed by atoms with Gasteiger partial charge in [0.25, 0.3) is 0 Å². The van der Waals surface area contributed by atoms with Crippen molar-refractivity contribution >= 4 is 6.21 Å². The fraction of sp³-hybridized carbons (Fsp3) is 0.667. The number of hydrogen-bond acceptors (Lipinski definition) is 1. The molecule has 0 spiro atoms. The van der Waals surface area contributed by atoms with Gasteiger partial charge in [0.15, 0.2) is 0 Å². The molecule has 0 aromatic heterocycles. The van der Waals surface area contributed by atoms with Crippen LogP contribution in [-0.4, -0.2) is 6.21 Å². The van der Waals surface area contributed by atoms with E-state index < -0.39 is 0 Å². The molecule has 1 N–H and O–H groups in total. The zero-order chi connectivity index (χ0) is 7.98. The largest absolute Gasteiger partial charge is 0.313 e. The Hall–Kier alpha value is -0.590. The Bertz CT molecular complexity index is 116. The van der Waals surface area contributed by atoms with Crippen molar-refractivity contribution in [1.82, 2.24) is 0 Å². The molecule has 1 nitrogen and oxygen atoms in total. The van der Waals surface area contributed by atoms with Gasteiger partial charge in [-0.2, -0.15) is 0 Å². The summed E-state index contributed by atoms with van der Waals surface area (Å²) in [6.45, 7) is 8.13. The highest BCUT2D eigenvalue weighted by Crippen LogP contribution is 2.13. The molecule has 0 aromatic carbocycles. The van der Waals surface area contributed by atoms with E-state index in [4.69, 9.17) is 5.41 Å². The molecule has 0 radical (unpaired) electrons. The van der Waals surface area contributed by atoms with Crippen molar-refractivity contribution in [2.75, 3.05) is 0 Å². The summed E-state index contributed by atoms with van der Waals surface area (Å²) in [5.41, 5.74) is 1.26. The van der Waals surface area contributed by atoms with Crippen molar-refractivity contribution < 1.29 is 0 Å². The van der Waals surface area contributed by atoms with Crippen LogP contribution in [0.3, 0.4) is 0 Å². The first-order valence-electron chi connectivity index (χ1n) is 3.91. The van der Waals surface area contributed by atoms with Gasteiger partial charge in [0, 0.05) is 0 Å². The molecular formula is C9H17N. The zero-order valence-electron chi connectivity index (χ0n) is 6.98. The van der Waals surface area contributed by atoms with Gasteiger partial charge in [0.1, 0.15) is 0 Å². The van der Waals surface area contributed by atoms with Gasteiger partial charge in [-0.25, -0.2) is 0 Å². The zero-order valence-corrected chi connectivity index (χ0v) is 6.98. The minimum atomic E-state index is 0.424. The first kappa shape index (κ1) is 9.41. The van der Waals surface area contributed by atoms with Gasteiger partial charge in [-0.05, 0) is 31.4 Å². The standard InChI is InChI=1S/C9H17N/c1-4-8(3)6-9(5-2)7-10/h7,9-10H,3-6H2,1-2H3. The molecule has 0 saturated heterocycles. The molecule has 0 rings (SSSR count). The highest BCUT2D eigenvalue weighted by atomic mass is 14.3. The average molecular weight is 139 g/mol. The van der Waals surface area contributed by atoms with Crippen LogP contribution in [0, 0.1) is 11.3 Å². The summed E-state index contributed by atoms with van der Waals surface area (Å²) in [5.74, 6) is 0.424. The third-order valence-corrected chi connectivity index (χ3v) is 1.81. The molecule has 0 amide bonds. The molecule has 0 saturated carbocycles. The van der Waals surface area contributed by atoms with E-state index in [-0.39, 0.29) is 0 Å². The Labute approximate surface area is 63.7 Å². The topological polar surface area (TPSA) is 23.9 Å². The van der Waals surface area contributed by atoms with E-state index in [1.807, 2.05) is 0 Å². The van der Waals surface area contributed by atoms with E-state index in [9.17, 15) is 0 Å². The molecule has 1 heteroatoms. The Morgan fingerprint density at radius 1 is 1.60 bits per heavy atom. The molecule has 0 aliphatic carbocycles. The predicted octanol–water partition coefficient (Wildman–Crippen LogP) is 3.02. The van der Waals surface area contributed by atoms with Crippen LogP contribution >= 0.6 is 0 Å².